The van der Waals surface area contributed by atoms with Gasteiger partial charge in [0.15, 0.2) is 0 Å². The van der Waals surface area contributed by atoms with Crippen LogP contribution in [-0.2, 0) is 16.0 Å². The Morgan fingerprint density at radius 3 is 2.88 bits per heavy atom. The van der Waals surface area contributed by atoms with Crippen LogP contribution in [0.4, 0.5) is 0 Å². The molecule has 7 nitrogen and oxygen atoms in total. The van der Waals surface area contributed by atoms with Gasteiger partial charge in [-0.15, -0.1) is 0 Å². The fourth-order valence-electron chi connectivity index (χ4n) is 3.72. The quantitative estimate of drug-likeness (QED) is 0.858. The van der Waals surface area contributed by atoms with E-state index in [9.17, 15) is 9.59 Å². The van der Waals surface area contributed by atoms with Gasteiger partial charge in [-0.05, 0) is 19.3 Å². The van der Waals surface area contributed by atoms with Gasteiger partial charge >= 0.3 is 0 Å². The Morgan fingerprint density at radius 2 is 2.17 bits per heavy atom. The summed E-state index contributed by atoms with van der Waals surface area (Å²) in [5.41, 5.74) is 0.712. The number of rotatable bonds is 3. The van der Waals surface area contributed by atoms with Gasteiger partial charge in [-0.3, -0.25) is 14.5 Å². The standard InChI is InChI=1S/C17H26N4O3/c1-13(22)20-4-2-16(3-5-20)21-6-7-24-11-14(10-21)8-15-9-17(23)19-12-18-15/h9,12,14,16H,2-8,10-11H2,1H3,(H,18,19,23)/t14-/m1/s1. The molecule has 2 aliphatic rings. The number of carbonyl (C=O) groups excluding carboxylic acids is 1. The highest BCUT2D eigenvalue weighted by atomic mass is 16.5. The molecular formula is C17H26N4O3. The molecule has 2 fully saturated rings. The van der Waals surface area contributed by atoms with Crippen molar-refractivity contribution in [1.82, 2.24) is 19.8 Å². The van der Waals surface area contributed by atoms with E-state index in [1.54, 1.807) is 13.0 Å². The van der Waals surface area contributed by atoms with Gasteiger partial charge in [0.1, 0.15) is 0 Å². The van der Waals surface area contributed by atoms with Crippen LogP contribution in [0.15, 0.2) is 17.2 Å². The summed E-state index contributed by atoms with van der Waals surface area (Å²) in [7, 11) is 0. The molecule has 0 aliphatic carbocycles. The molecule has 24 heavy (non-hydrogen) atoms. The Balaban J connectivity index is 1.59. The summed E-state index contributed by atoms with van der Waals surface area (Å²) in [5.74, 6) is 0.513. The van der Waals surface area contributed by atoms with Crippen molar-refractivity contribution in [2.45, 2.75) is 32.2 Å². The number of amides is 1. The number of carbonyl (C=O) groups is 1. The number of piperidine rings is 1. The van der Waals surface area contributed by atoms with Gasteiger partial charge in [0.25, 0.3) is 5.56 Å². The summed E-state index contributed by atoms with van der Waals surface area (Å²) in [6, 6.07) is 2.08. The van der Waals surface area contributed by atoms with Gasteiger partial charge in [0.05, 0.1) is 19.5 Å². The first-order chi connectivity index (χ1) is 11.6. The third-order valence-electron chi connectivity index (χ3n) is 5.03. The molecule has 2 aliphatic heterocycles. The zero-order chi connectivity index (χ0) is 16.9. The lowest BCUT2D eigenvalue weighted by Gasteiger charge is -2.38. The molecule has 1 atom stereocenters. The van der Waals surface area contributed by atoms with E-state index in [1.807, 2.05) is 4.90 Å². The number of aromatic nitrogens is 2. The smallest absolute Gasteiger partial charge is 0.250 e. The number of hydrogen-bond acceptors (Lipinski definition) is 5. The lowest BCUT2D eigenvalue weighted by molar-refractivity contribution is -0.130. The molecule has 0 aromatic carbocycles. The van der Waals surface area contributed by atoms with E-state index < -0.39 is 0 Å². The molecule has 3 heterocycles. The molecule has 0 bridgehead atoms. The molecule has 1 amide bonds. The highest BCUT2D eigenvalue weighted by Crippen LogP contribution is 2.21. The van der Waals surface area contributed by atoms with Crippen molar-refractivity contribution in [3.8, 4) is 0 Å². The summed E-state index contributed by atoms with van der Waals surface area (Å²) in [6.45, 7) is 6.67. The van der Waals surface area contributed by atoms with Gasteiger partial charge in [0, 0.05) is 56.8 Å². The van der Waals surface area contributed by atoms with Crippen molar-refractivity contribution >= 4 is 5.91 Å². The maximum atomic E-state index is 11.5. The Hall–Kier alpha value is -1.73. The minimum Gasteiger partial charge on any atom is -0.380 e. The zero-order valence-corrected chi connectivity index (χ0v) is 14.2. The Labute approximate surface area is 142 Å². The SMILES string of the molecule is CC(=O)N1CCC(N2CCOC[C@H](Cc3cc(=O)[nH]cn3)C2)CC1. The van der Waals surface area contributed by atoms with Crippen LogP contribution in [0.3, 0.4) is 0 Å². The Kier molecular flexibility index (Phi) is 5.63. The van der Waals surface area contributed by atoms with Crippen LogP contribution in [0.25, 0.3) is 0 Å². The molecule has 1 aromatic rings. The van der Waals surface area contributed by atoms with Crippen LogP contribution in [0.2, 0.25) is 0 Å². The minimum absolute atomic E-state index is 0.108. The molecule has 132 valence electrons. The second kappa shape index (κ2) is 7.90. The number of ether oxygens (including phenoxy) is 1. The Morgan fingerprint density at radius 1 is 1.38 bits per heavy atom. The normalized spacial score (nSPS) is 23.9. The largest absolute Gasteiger partial charge is 0.380 e. The van der Waals surface area contributed by atoms with Crippen molar-refractivity contribution in [2.75, 3.05) is 39.4 Å². The first kappa shape index (κ1) is 17.1. The number of nitrogens with one attached hydrogen (secondary N) is 1. The fraction of sp³-hybridized carbons (Fsp3) is 0.706. The fourth-order valence-corrected chi connectivity index (χ4v) is 3.72. The van der Waals surface area contributed by atoms with Gasteiger partial charge in [-0.1, -0.05) is 0 Å². The van der Waals surface area contributed by atoms with Gasteiger partial charge in [-0.25, -0.2) is 4.98 Å². The van der Waals surface area contributed by atoms with Gasteiger partial charge < -0.3 is 14.6 Å². The van der Waals surface area contributed by atoms with Crippen LogP contribution >= 0.6 is 0 Å². The van der Waals surface area contributed by atoms with Crippen molar-refractivity contribution in [1.29, 1.82) is 0 Å². The van der Waals surface area contributed by atoms with E-state index in [0.717, 1.165) is 57.7 Å². The molecular weight excluding hydrogens is 308 g/mol. The van der Waals surface area contributed by atoms with E-state index in [1.165, 1.54) is 6.33 Å². The third-order valence-corrected chi connectivity index (χ3v) is 5.03. The van der Waals surface area contributed by atoms with Crippen molar-refractivity contribution in [2.24, 2.45) is 5.92 Å². The Bertz CT molecular complexity index is 610. The summed E-state index contributed by atoms with van der Waals surface area (Å²) < 4.78 is 5.77. The van der Waals surface area contributed by atoms with Gasteiger partial charge in [0.2, 0.25) is 5.91 Å². The van der Waals surface area contributed by atoms with Crippen molar-refractivity contribution in [3.05, 3.63) is 28.4 Å². The highest BCUT2D eigenvalue weighted by Gasteiger charge is 2.29. The van der Waals surface area contributed by atoms with E-state index in [0.29, 0.717) is 18.6 Å². The van der Waals surface area contributed by atoms with Crippen LogP contribution in [0.1, 0.15) is 25.5 Å². The van der Waals surface area contributed by atoms with E-state index >= 15 is 0 Å². The molecule has 0 radical (unpaired) electrons. The number of hydrogen-bond donors (Lipinski definition) is 1. The number of H-pyrrole nitrogens is 1. The van der Waals surface area contributed by atoms with Gasteiger partial charge in [-0.2, -0.15) is 0 Å². The molecule has 0 spiro atoms. The predicted molar refractivity (Wildman–Crippen MR) is 89.7 cm³/mol. The monoisotopic (exact) mass is 334 g/mol. The first-order valence-corrected chi connectivity index (χ1v) is 8.72. The predicted octanol–water partition coefficient (Wildman–Crippen LogP) is 0.272. The molecule has 2 saturated heterocycles. The summed E-state index contributed by atoms with van der Waals surface area (Å²) in [5, 5.41) is 0. The second-order valence-corrected chi connectivity index (χ2v) is 6.78. The third kappa shape index (κ3) is 4.42. The summed E-state index contributed by atoms with van der Waals surface area (Å²) in [4.78, 5) is 34.2. The number of likely N-dealkylation sites (tertiary alicyclic amines) is 1. The zero-order valence-electron chi connectivity index (χ0n) is 14.2. The van der Waals surface area contributed by atoms with E-state index in [-0.39, 0.29) is 11.5 Å². The number of nitrogens with zero attached hydrogens (tertiary/aromatic N) is 3. The van der Waals surface area contributed by atoms with Crippen LogP contribution in [0.5, 0.6) is 0 Å². The van der Waals surface area contributed by atoms with Crippen LogP contribution < -0.4 is 5.56 Å². The van der Waals surface area contributed by atoms with E-state index in [2.05, 4.69) is 14.9 Å². The van der Waals surface area contributed by atoms with Crippen molar-refractivity contribution < 1.29 is 9.53 Å². The first-order valence-electron chi connectivity index (χ1n) is 8.72. The van der Waals surface area contributed by atoms with Crippen LogP contribution in [-0.4, -0.2) is 71.1 Å². The molecule has 0 unspecified atom stereocenters. The lowest BCUT2D eigenvalue weighted by atomic mass is 9.99. The average molecular weight is 334 g/mol. The maximum absolute atomic E-state index is 11.5. The topological polar surface area (TPSA) is 78.5 Å². The summed E-state index contributed by atoms with van der Waals surface area (Å²) in [6.07, 6.45) is 4.27. The van der Waals surface area contributed by atoms with E-state index in [4.69, 9.17) is 4.74 Å². The molecule has 3 rings (SSSR count). The lowest BCUT2D eigenvalue weighted by Crippen LogP contribution is -2.48. The highest BCUT2D eigenvalue weighted by molar-refractivity contribution is 5.73. The molecule has 7 heteroatoms. The van der Waals surface area contributed by atoms with Crippen LogP contribution in [0, 0.1) is 5.92 Å². The maximum Gasteiger partial charge on any atom is 0.250 e. The molecule has 0 saturated carbocycles. The molecule has 1 N–H and O–H groups in total. The summed E-state index contributed by atoms with van der Waals surface area (Å²) >= 11 is 0. The minimum atomic E-state index is -0.108. The average Bonchev–Trinajstić information content (AvgIpc) is 2.80. The van der Waals surface area contributed by atoms with Crippen molar-refractivity contribution in [3.63, 3.8) is 0 Å². The molecule has 1 aromatic heterocycles. The second-order valence-electron chi connectivity index (χ2n) is 6.78. The number of aromatic amines is 1.